The molecule has 0 fully saturated rings. The summed E-state index contributed by atoms with van der Waals surface area (Å²) in [5.41, 5.74) is 1.07. The molecule has 1 aromatic carbocycles. The maximum Gasteiger partial charge on any atom is 0.161 e. The summed E-state index contributed by atoms with van der Waals surface area (Å²) in [6.45, 7) is 4.03. The van der Waals surface area contributed by atoms with Crippen LogP contribution in [0.5, 0.6) is 11.5 Å². The van der Waals surface area contributed by atoms with E-state index in [2.05, 4.69) is 4.90 Å². The number of methoxy groups -OCH3 is 2. The average molecular weight is 301 g/mol. The molecule has 114 valence electrons. The molecule has 0 amide bonds. The lowest BCUT2D eigenvalue weighted by molar-refractivity contribution is 0.295. The first-order valence-corrected chi connectivity index (χ1v) is 8.56. The van der Waals surface area contributed by atoms with E-state index in [0.29, 0.717) is 24.6 Å². The molecule has 5 nitrogen and oxygen atoms in total. The van der Waals surface area contributed by atoms with E-state index in [4.69, 9.17) is 9.47 Å². The normalized spacial score (nSPS) is 11.7. The molecular weight excluding hydrogens is 278 g/mol. The van der Waals surface area contributed by atoms with Crippen LogP contribution >= 0.6 is 0 Å². The summed E-state index contributed by atoms with van der Waals surface area (Å²) < 4.78 is 32.9. The Morgan fingerprint density at radius 2 is 1.80 bits per heavy atom. The first kappa shape index (κ1) is 16.8. The van der Waals surface area contributed by atoms with Gasteiger partial charge in [0.25, 0.3) is 0 Å². The van der Waals surface area contributed by atoms with Gasteiger partial charge in [0.05, 0.1) is 20.0 Å². The van der Waals surface area contributed by atoms with E-state index in [-0.39, 0.29) is 5.75 Å². The van der Waals surface area contributed by atoms with Crippen LogP contribution in [0.25, 0.3) is 0 Å². The minimum atomic E-state index is -2.93. The van der Waals surface area contributed by atoms with Gasteiger partial charge in [-0.2, -0.15) is 0 Å². The molecule has 0 aliphatic carbocycles. The van der Waals surface area contributed by atoms with Gasteiger partial charge in [-0.1, -0.05) is 13.0 Å². The van der Waals surface area contributed by atoms with Gasteiger partial charge < -0.3 is 9.47 Å². The second kappa shape index (κ2) is 7.50. The predicted octanol–water partition coefficient (Wildman–Crippen LogP) is 1.57. The predicted molar refractivity (Wildman–Crippen MR) is 80.2 cm³/mol. The Kier molecular flexibility index (Phi) is 6.29. The molecule has 0 bridgehead atoms. The van der Waals surface area contributed by atoms with Gasteiger partial charge in [-0.05, 0) is 24.2 Å². The summed E-state index contributed by atoms with van der Waals surface area (Å²) in [7, 11) is 0.268. The third-order valence-electron chi connectivity index (χ3n) is 3.08. The van der Waals surface area contributed by atoms with Gasteiger partial charge in [-0.3, -0.25) is 4.90 Å². The number of hydrogen-bond acceptors (Lipinski definition) is 5. The van der Waals surface area contributed by atoms with Crippen molar-refractivity contribution in [2.75, 3.05) is 39.3 Å². The van der Waals surface area contributed by atoms with Crippen molar-refractivity contribution in [3.8, 4) is 11.5 Å². The van der Waals surface area contributed by atoms with Crippen molar-refractivity contribution < 1.29 is 17.9 Å². The van der Waals surface area contributed by atoms with Crippen LogP contribution in [0.3, 0.4) is 0 Å². The van der Waals surface area contributed by atoms with Crippen LogP contribution < -0.4 is 9.47 Å². The van der Waals surface area contributed by atoms with Crippen molar-refractivity contribution >= 4 is 9.84 Å². The molecule has 0 saturated heterocycles. The van der Waals surface area contributed by atoms with Crippen molar-refractivity contribution in [2.45, 2.75) is 13.5 Å². The Balaban J connectivity index is 2.74. The van der Waals surface area contributed by atoms with E-state index in [1.54, 1.807) is 14.2 Å². The quantitative estimate of drug-likeness (QED) is 0.729. The molecule has 1 rings (SSSR count). The first-order valence-electron chi connectivity index (χ1n) is 6.50. The maximum absolute atomic E-state index is 11.2. The molecule has 0 aliphatic rings. The zero-order chi connectivity index (χ0) is 15.2. The molecule has 0 aromatic heterocycles. The summed E-state index contributed by atoms with van der Waals surface area (Å²) in [4.78, 5) is 2.09. The van der Waals surface area contributed by atoms with Crippen molar-refractivity contribution in [3.63, 3.8) is 0 Å². The lowest BCUT2D eigenvalue weighted by Gasteiger charge is -2.20. The van der Waals surface area contributed by atoms with Crippen LogP contribution in [0, 0.1) is 0 Å². The molecule has 0 spiro atoms. The number of hydrogen-bond donors (Lipinski definition) is 0. The van der Waals surface area contributed by atoms with Gasteiger partial charge in [-0.25, -0.2) is 8.42 Å². The number of benzene rings is 1. The summed E-state index contributed by atoms with van der Waals surface area (Å²) in [6.07, 6.45) is 1.26. The molecule has 0 heterocycles. The lowest BCUT2D eigenvalue weighted by Crippen LogP contribution is -2.28. The van der Waals surface area contributed by atoms with Crippen LogP contribution in [0.15, 0.2) is 18.2 Å². The van der Waals surface area contributed by atoms with Crippen LogP contribution in [0.2, 0.25) is 0 Å². The molecular formula is C14H23NO4S. The minimum absolute atomic E-state index is 0.175. The summed E-state index contributed by atoms with van der Waals surface area (Å²) in [6, 6.07) is 5.74. The molecule has 6 heteroatoms. The zero-order valence-corrected chi connectivity index (χ0v) is 13.4. The van der Waals surface area contributed by atoms with E-state index >= 15 is 0 Å². The zero-order valence-electron chi connectivity index (χ0n) is 12.5. The summed E-state index contributed by atoms with van der Waals surface area (Å²) in [5, 5.41) is 0. The standard InChI is InChI=1S/C14H23NO4S/c1-5-15(8-9-20(4,16)17)11-12-6-7-13(18-2)14(10-12)19-3/h6-7,10H,5,8-9,11H2,1-4H3. The number of ether oxygens (including phenoxy) is 2. The molecule has 0 aliphatic heterocycles. The fourth-order valence-corrected chi connectivity index (χ4v) is 2.47. The topological polar surface area (TPSA) is 55.8 Å². The molecule has 1 aromatic rings. The molecule has 0 unspecified atom stereocenters. The smallest absolute Gasteiger partial charge is 0.161 e. The Hall–Kier alpha value is -1.27. The molecule has 20 heavy (non-hydrogen) atoms. The Labute approximate surface area is 121 Å². The molecule has 0 radical (unpaired) electrons. The highest BCUT2D eigenvalue weighted by Crippen LogP contribution is 2.27. The summed E-state index contributed by atoms with van der Waals surface area (Å²) in [5.74, 6) is 1.55. The monoisotopic (exact) mass is 301 g/mol. The Morgan fingerprint density at radius 1 is 1.15 bits per heavy atom. The fraction of sp³-hybridized carbons (Fsp3) is 0.571. The third kappa shape index (κ3) is 5.38. The largest absolute Gasteiger partial charge is 0.493 e. The van der Waals surface area contributed by atoms with Crippen molar-refractivity contribution in [2.24, 2.45) is 0 Å². The SMILES string of the molecule is CCN(CCS(C)(=O)=O)Cc1ccc(OC)c(OC)c1. The van der Waals surface area contributed by atoms with Gasteiger partial charge in [-0.15, -0.1) is 0 Å². The van der Waals surface area contributed by atoms with Crippen LogP contribution in [0.1, 0.15) is 12.5 Å². The fourth-order valence-electron chi connectivity index (χ4n) is 1.88. The van der Waals surface area contributed by atoms with Gasteiger partial charge >= 0.3 is 0 Å². The van der Waals surface area contributed by atoms with Crippen LogP contribution in [-0.2, 0) is 16.4 Å². The van der Waals surface area contributed by atoms with Crippen molar-refractivity contribution in [1.82, 2.24) is 4.90 Å². The Bertz CT molecular complexity index is 528. The number of nitrogens with zero attached hydrogens (tertiary/aromatic N) is 1. The van der Waals surface area contributed by atoms with Crippen molar-refractivity contribution in [1.29, 1.82) is 0 Å². The highest BCUT2D eigenvalue weighted by Gasteiger charge is 2.10. The average Bonchev–Trinajstić information content (AvgIpc) is 2.42. The number of sulfone groups is 1. The van der Waals surface area contributed by atoms with Crippen LogP contribution in [0.4, 0.5) is 0 Å². The van der Waals surface area contributed by atoms with E-state index < -0.39 is 9.84 Å². The van der Waals surface area contributed by atoms with Gasteiger partial charge in [0.15, 0.2) is 11.5 Å². The van der Waals surface area contributed by atoms with Gasteiger partial charge in [0, 0.05) is 19.3 Å². The van der Waals surface area contributed by atoms with E-state index in [9.17, 15) is 8.42 Å². The van der Waals surface area contributed by atoms with E-state index in [0.717, 1.165) is 12.1 Å². The highest BCUT2D eigenvalue weighted by atomic mass is 32.2. The second-order valence-corrected chi connectivity index (χ2v) is 6.95. The lowest BCUT2D eigenvalue weighted by atomic mass is 10.2. The Morgan fingerprint density at radius 3 is 2.30 bits per heavy atom. The maximum atomic E-state index is 11.2. The van der Waals surface area contributed by atoms with Gasteiger partial charge in [0.1, 0.15) is 9.84 Å². The molecule has 0 saturated carbocycles. The van der Waals surface area contributed by atoms with Crippen LogP contribution in [-0.4, -0.2) is 52.6 Å². The highest BCUT2D eigenvalue weighted by molar-refractivity contribution is 7.90. The van der Waals surface area contributed by atoms with Gasteiger partial charge in [0.2, 0.25) is 0 Å². The minimum Gasteiger partial charge on any atom is -0.493 e. The molecule has 0 N–H and O–H groups in total. The summed E-state index contributed by atoms with van der Waals surface area (Å²) >= 11 is 0. The molecule has 0 atom stereocenters. The van der Waals surface area contributed by atoms with E-state index in [1.807, 2.05) is 25.1 Å². The second-order valence-electron chi connectivity index (χ2n) is 4.69. The van der Waals surface area contributed by atoms with Crippen molar-refractivity contribution in [3.05, 3.63) is 23.8 Å². The van der Waals surface area contributed by atoms with E-state index in [1.165, 1.54) is 6.26 Å². The number of rotatable bonds is 8. The first-order chi connectivity index (χ1) is 9.39. The third-order valence-corrected chi connectivity index (χ3v) is 4.00.